The maximum absolute atomic E-state index is 5.30. The van der Waals surface area contributed by atoms with Crippen molar-refractivity contribution in [1.82, 2.24) is 20.4 Å². The van der Waals surface area contributed by atoms with Gasteiger partial charge in [0.1, 0.15) is 0 Å². The van der Waals surface area contributed by atoms with E-state index in [1.54, 1.807) is 7.11 Å². The Morgan fingerprint density at radius 2 is 1.68 bits per heavy atom. The first-order valence-corrected chi connectivity index (χ1v) is 11.6. The van der Waals surface area contributed by atoms with Crippen LogP contribution in [0.2, 0.25) is 0 Å². The molecule has 1 aliphatic carbocycles. The molecule has 176 valence electrons. The van der Waals surface area contributed by atoms with E-state index >= 15 is 0 Å². The average molecular weight is 544 g/mol. The summed E-state index contributed by atoms with van der Waals surface area (Å²) in [4.78, 5) is 9.49. The molecule has 7 heteroatoms. The molecule has 31 heavy (non-hydrogen) atoms. The zero-order chi connectivity index (χ0) is 21.2. The maximum Gasteiger partial charge on any atom is 0.191 e. The lowest BCUT2D eigenvalue weighted by Crippen LogP contribution is -2.46. The molecule has 6 nitrogen and oxygen atoms in total. The smallest absolute Gasteiger partial charge is 0.191 e. The van der Waals surface area contributed by atoms with Crippen LogP contribution in [0.5, 0.6) is 0 Å². The van der Waals surface area contributed by atoms with Crippen molar-refractivity contribution in [3.63, 3.8) is 0 Å². The minimum Gasteiger partial charge on any atom is -0.385 e. The number of piperazine rings is 1. The molecule has 0 bridgehead atoms. The molecular weight excluding hydrogens is 501 g/mol. The summed E-state index contributed by atoms with van der Waals surface area (Å²) in [6.45, 7) is 11.8. The Kier molecular flexibility index (Phi) is 11.6. The van der Waals surface area contributed by atoms with E-state index in [4.69, 9.17) is 4.74 Å². The van der Waals surface area contributed by atoms with Crippen LogP contribution in [0.15, 0.2) is 29.3 Å². The lowest BCUT2D eigenvalue weighted by Gasteiger charge is -2.42. The van der Waals surface area contributed by atoms with Crippen LogP contribution in [0.3, 0.4) is 0 Å². The van der Waals surface area contributed by atoms with E-state index in [1.165, 1.54) is 63.1 Å². The van der Waals surface area contributed by atoms with E-state index in [9.17, 15) is 0 Å². The predicted octanol–water partition coefficient (Wildman–Crippen LogP) is 3.31. The van der Waals surface area contributed by atoms with Gasteiger partial charge >= 0.3 is 0 Å². The number of hydrogen-bond acceptors (Lipinski definition) is 4. The number of halogens is 1. The summed E-state index contributed by atoms with van der Waals surface area (Å²) >= 11 is 0. The second kappa shape index (κ2) is 13.6. The Balaban J connectivity index is 0.00000341. The molecule has 1 heterocycles. The van der Waals surface area contributed by atoms with Crippen molar-refractivity contribution in [3.8, 4) is 0 Å². The lowest BCUT2D eigenvalue weighted by molar-refractivity contribution is 0.0732. The van der Waals surface area contributed by atoms with Gasteiger partial charge in [-0.2, -0.15) is 0 Å². The second-order valence-electron chi connectivity index (χ2n) is 8.90. The van der Waals surface area contributed by atoms with Gasteiger partial charge in [-0.1, -0.05) is 37.6 Å². The highest BCUT2D eigenvalue weighted by molar-refractivity contribution is 14.0. The third-order valence-electron chi connectivity index (χ3n) is 6.91. The van der Waals surface area contributed by atoms with Crippen molar-refractivity contribution in [2.45, 2.75) is 45.7 Å². The molecule has 2 N–H and O–H groups in total. The number of aliphatic imine (C=N–C) groups is 1. The van der Waals surface area contributed by atoms with Crippen molar-refractivity contribution in [2.75, 3.05) is 60.0 Å². The maximum atomic E-state index is 5.30. The minimum atomic E-state index is 0. The van der Waals surface area contributed by atoms with Gasteiger partial charge in [-0.15, -0.1) is 24.0 Å². The van der Waals surface area contributed by atoms with Crippen molar-refractivity contribution in [2.24, 2.45) is 10.4 Å². The summed E-state index contributed by atoms with van der Waals surface area (Å²) in [6.07, 6.45) is 5.03. The number of methoxy groups -OCH3 is 1. The van der Waals surface area contributed by atoms with Crippen molar-refractivity contribution in [1.29, 1.82) is 0 Å². The lowest BCUT2D eigenvalue weighted by atomic mass is 9.67. The highest BCUT2D eigenvalue weighted by atomic mass is 127. The van der Waals surface area contributed by atoms with Gasteiger partial charge in [-0.25, -0.2) is 0 Å². The van der Waals surface area contributed by atoms with E-state index in [0.717, 1.165) is 38.6 Å². The number of guanidine groups is 1. The first kappa shape index (κ1) is 26.4. The van der Waals surface area contributed by atoms with Crippen molar-refractivity contribution >= 4 is 29.9 Å². The van der Waals surface area contributed by atoms with E-state index < -0.39 is 0 Å². The molecule has 1 saturated heterocycles. The van der Waals surface area contributed by atoms with E-state index in [-0.39, 0.29) is 24.0 Å². The first-order chi connectivity index (χ1) is 14.7. The fourth-order valence-electron chi connectivity index (χ4n) is 4.47. The molecule has 2 fully saturated rings. The molecule has 2 aliphatic rings. The summed E-state index contributed by atoms with van der Waals surface area (Å²) < 4.78 is 5.30. The predicted molar refractivity (Wildman–Crippen MR) is 140 cm³/mol. The fourth-order valence-corrected chi connectivity index (χ4v) is 4.47. The van der Waals surface area contributed by atoms with Crippen LogP contribution in [0.25, 0.3) is 0 Å². The van der Waals surface area contributed by atoms with Gasteiger partial charge < -0.3 is 20.3 Å². The van der Waals surface area contributed by atoms with Gasteiger partial charge in [0.25, 0.3) is 0 Å². The number of rotatable bonds is 10. The topological polar surface area (TPSA) is 52.1 Å². The Bertz CT molecular complexity index is 654. The van der Waals surface area contributed by atoms with Gasteiger partial charge in [0.05, 0.1) is 0 Å². The summed E-state index contributed by atoms with van der Waals surface area (Å²) in [5.41, 5.74) is 3.07. The number of likely N-dealkylation sites (N-methyl/N-ethyl adjacent to an activating group) is 1. The molecule has 0 atom stereocenters. The zero-order valence-electron chi connectivity index (χ0n) is 19.7. The van der Waals surface area contributed by atoms with Gasteiger partial charge in [0, 0.05) is 66.6 Å². The highest BCUT2D eigenvalue weighted by Crippen LogP contribution is 2.43. The van der Waals surface area contributed by atoms with Crippen LogP contribution in [0.1, 0.15) is 43.7 Å². The van der Waals surface area contributed by atoms with Gasteiger partial charge in [0.15, 0.2) is 5.96 Å². The Hall–Kier alpha value is -0.900. The van der Waals surface area contributed by atoms with E-state index in [0.29, 0.717) is 5.41 Å². The molecule has 0 unspecified atom stereocenters. The highest BCUT2D eigenvalue weighted by Gasteiger charge is 2.36. The molecule has 1 aromatic carbocycles. The monoisotopic (exact) mass is 543 g/mol. The number of hydrogen-bond donors (Lipinski definition) is 2. The molecule has 1 saturated carbocycles. The molecule has 0 radical (unpaired) electrons. The van der Waals surface area contributed by atoms with E-state index in [1.807, 2.05) is 7.05 Å². The second-order valence-corrected chi connectivity index (χ2v) is 8.90. The average Bonchev–Trinajstić information content (AvgIpc) is 2.76. The summed E-state index contributed by atoms with van der Waals surface area (Å²) in [6, 6.07) is 9.02. The number of ether oxygens (including phenoxy) is 1. The van der Waals surface area contributed by atoms with Crippen LogP contribution in [-0.2, 0) is 17.8 Å². The van der Waals surface area contributed by atoms with Crippen LogP contribution < -0.4 is 10.6 Å². The third kappa shape index (κ3) is 8.18. The van der Waals surface area contributed by atoms with Crippen molar-refractivity contribution < 1.29 is 4.74 Å². The van der Waals surface area contributed by atoms with E-state index in [2.05, 4.69) is 56.6 Å². The number of nitrogens with one attached hydrogen (secondary N) is 2. The van der Waals surface area contributed by atoms with Gasteiger partial charge in [-0.05, 0) is 42.3 Å². The first-order valence-electron chi connectivity index (χ1n) is 11.6. The Morgan fingerprint density at radius 3 is 2.23 bits per heavy atom. The Labute approximate surface area is 206 Å². The molecule has 1 aliphatic heterocycles. The molecule has 0 amide bonds. The molecule has 1 aromatic rings. The molecule has 0 aromatic heterocycles. The Morgan fingerprint density at radius 1 is 1.03 bits per heavy atom. The number of nitrogens with zero attached hydrogens (tertiary/aromatic N) is 3. The number of benzene rings is 1. The van der Waals surface area contributed by atoms with Crippen LogP contribution in [0.4, 0.5) is 0 Å². The minimum absolute atomic E-state index is 0. The largest absolute Gasteiger partial charge is 0.385 e. The molecule has 3 rings (SSSR count). The summed E-state index contributed by atoms with van der Waals surface area (Å²) in [5, 5.41) is 7.00. The van der Waals surface area contributed by atoms with Crippen molar-refractivity contribution in [3.05, 3.63) is 35.4 Å². The van der Waals surface area contributed by atoms with Crippen LogP contribution >= 0.6 is 24.0 Å². The summed E-state index contributed by atoms with van der Waals surface area (Å²) in [7, 11) is 3.64. The fraction of sp³-hybridized carbons (Fsp3) is 0.708. The standard InChI is InChI=1S/C24H41N5O.HI/c1-4-28-13-15-29(16-14-28)19-22-8-6-21(7-9-22)18-26-23(25-2)27-20-24(10-5-11-24)12-17-30-3;/h6-9H,4-5,10-20H2,1-3H3,(H2,25,26,27);1H. The summed E-state index contributed by atoms with van der Waals surface area (Å²) in [5.74, 6) is 0.886. The SMILES string of the molecule is CCN1CCN(Cc2ccc(CNC(=NC)NCC3(CCOC)CCC3)cc2)CC1.I. The third-order valence-corrected chi connectivity index (χ3v) is 6.91. The molecule has 0 spiro atoms. The normalized spacial score (nSPS) is 19.4. The van der Waals surface area contributed by atoms with Gasteiger partial charge in [-0.3, -0.25) is 9.89 Å². The quantitative estimate of drug-likeness (QED) is 0.270. The zero-order valence-corrected chi connectivity index (χ0v) is 22.0. The van der Waals surface area contributed by atoms with Gasteiger partial charge in [0.2, 0.25) is 0 Å². The molecular formula is C24H42IN5O. The van der Waals surface area contributed by atoms with Crippen LogP contribution in [0, 0.1) is 5.41 Å². The van der Waals surface area contributed by atoms with Crippen LogP contribution in [-0.4, -0.2) is 75.8 Å².